The Labute approximate surface area is 132 Å². The van der Waals surface area contributed by atoms with E-state index in [1.807, 2.05) is 0 Å². The van der Waals surface area contributed by atoms with Crippen LogP contribution in [0.2, 0.25) is 5.02 Å². The number of rotatable bonds is 5. The molecule has 0 aliphatic carbocycles. The Hall–Kier alpha value is -2.18. The normalized spacial score (nSPS) is 12.0. The molecule has 0 saturated heterocycles. The van der Waals surface area contributed by atoms with Crippen LogP contribution >= 0.6 is 11.6 Å². The standard InChI is InChI=1S/C15H16ClN3O3/c1-9-18-12(8-13(20)19-9)5-6-17-15(22)14(21)10-3-2-4-11(16)7-10/h2-4,7-8,14,21H,5-6H2,1H3,(H,17,22)(H,18,19,20)/t14-/m1/s1. The predicted octanol–water partition coefficient (Wildman–Crippen LogP) is 1.12. The number of carbonyl (C=O) groups excluding carboxylic acids is 1. The monoisotopic (exact) mass is 321 g/mol. The summed E-state index contributed by atoms with van der Waals surface area (Å²) >= 11 is 5.82. The fourth-order valence-corrected chi connectivity index (χ4v) is 2.21. The maximum atomic E-state index is 11.9. The first-order valence-electron chi connectivity index (χ1n) is 6.74. The van der Waals surface area contributed by atoms with Gasteiger partial charge in [-0.15, -0.1) is 0 Å². The number of aliphatic hydroxyl groups is 1. The van der Waals surface area contributed by atoms with Crippen molar-refractivity contribution >= 4 is 17.5 Å². The van der Waals surface area contributed by atoms with Gasteiger partial charge in [0.15, 0.2) is 6.10 Å². The van der Waals surface area contributed by atoms with Crippen LogP contribution in [-0.4, -0.2) is 27.5 Å². The van der Waals surface area contributed by atoms with E-state index in [0.29, 0.717) is 28.5 Å². The molecule has 0 fully saturated rings. The summed E-state index contributed by atoms with van der Waals surface area (Å²) in [6, 6.07) is 7.87. The number of carbonyl (C=O) groups is 1. The van der Waals surface area contributed by atoms with Crippen molar-refractivity contribution in [3.63, 3.8) is 0 Å². The summed E-state index contributed by atoms with van der Waals surface area (Å²) < 4.78 is 0. The lowest BCUT2D eigenvalue weighted by molar-refractivity contribution is -0.129. The van der Waals surface area contributed by atoms with Gasteiger partial charge < -0.3 is 15.4 Å². The number of nitrogens with zero attached hydrogens (tertiary/aromatic N) is 1. The fourth-order valence-electron chi connectivity index (χ4n) is 2.01. The molecule has 7 heteroatoms. The molecule has 1 aromatic heterocycles. The average Bonchev–Trinajstić information content (AvgIpc) is 2.45. The number of aromatic nitrogens is 2. The van der Waals surface area contributed by atoms with Crippen LogP contribution in [0.5, 0.6) is 0 Å². The highest BCUT2D eigenvalue weighted by Gasteiger charge is 2.17. The summed E-state index contributed by atoms with van der Waals surface area (Å²) in [7, 11) is 0. The number of aryl methyl sites for hydroxylation is 1. The second-order valence-electron chi connectivity index (χ2n) is 4.82. The van der Waals surface area contributed by atoms with E-state index < -0.39 is 12.0 Å². The number of H-pyrrole nitrogens is 1. The highest BCUT2D eigenvalue weighted by molar-refractivity contribution is 6.30. The Bertz CT molecular complexity index is 730. The summed E-state index contributed by atoms with van der Waals surface area (Å²) in [6.07, 6.45) is -0.883. The molecule has 0 spiro atoms. The van der Waals surface area contributed by atoms with Gasteiger partial charge >= 0.3 is 0 Å². The van der Waals surface area contributed by atoms with Crippen molar-refractivity contribution < 1.29 is 9.90 Å². The lowest BCUT2D eigenvalue weighted by atomic mass is 10.1. The third-order valence-corrected chi connectivity index (χ3v) is 3.24. The summed E-state index contributed by atoms with van der Waals surface area (Å²) in [6.45, 7) is 1.96. The van der Waals surface area contributed by atoms with Crippen molar-refractivity contribution in [2.24, 2.45) is 0 Å². The van der Waals surface area contributed by atoms with Crippen LogP contribution in [0.15, 0.2) is 35.1 Å². The molecule has 0 bridgehead atoms. The zero-order valence-electron chi connectivity index (χ0n) is 12.0. The minimum Gasteiger partial charge on any atom is -0.378 e. The van der Waals surface area contributed by atoms with E-state index in [1.165, 1.54) is 12.1 Å². The van der Waals surface area contributed by atoms with E-state index in [4.69, 9.17) is 11.6 Å². The first kappa shape index (κ1) is 16.2. The average molecular weight is 322 g/mol. The Morgan fingerprint density at radius 3 is 2.91 bits per heavy atom. The number of halogens is 1. The van der Waals surface area contributed by atoms with E-state index in [-0.39, 0.29) is 12.1 Å². The van der Waals surface area contributed by atoms with Crippen molar-refractivity contribution in [3.05, 3.63) is 62.8 Å². The van der Waals surface area contributed by atoms with E-state index in [0.717, 1.165) is 0 Å². The Balaban J connectivity index is 1.91. The highest BCUT2D eigenvalue weighted by Crippen LogP contribution is 2.17. The van der Waals surface area contributed by atoms with Crippen molar-refractivity contribution in [2.45, 2.75) is 19.4 Å². The van der Waals surface area contributed by atoms with Crippen molar-refractivity contribution in [2.75, 3.05) is 6.54 Å². The summed E-state index contributed by atoms with van der Waals surface area (Å²) in [4.78, 5) is 29.9. The number of hydrogen-bond acceptors (Lipinski definition) is 4. The second kappa shape index (κ2) is 7.20. The third-order valence-electron chi connectivity index (χ3n) is 3.01. The minimum atomic E-state index is -1.28. The predicted molar refractivity (Wildman–Crippen MR) is 82.7 cm³/mol. The molecule has 3 N–H and O–H groups in total. The molecule has 1 aromatic carbocycles. The molecule has 0 aliphatic rings. The van der Waals surface area contributed by atoms with Crippen LogP contribution in [0.4, 0.5) is 0 Å². The lowest BCUT2D eigenvalue weighted by Crippen LogP contribution is -2.31. The van der Waals surface area contributed by atoms with Crippen LogP contribution < -0.4 is 10.9 Å². The Kier molecular flexibility index (Phi) is 5.30. The van der Waals surface area contributed by atoms with Crippen LogP contribution in [-0.2, 0) is 11.2 Å². The van der Waals surface area contributed by atoms with Gasteiger partial charge in [-0.05, 0) is 24.6 Å². The summed E-state index contributed by atoms with van der Waals surface area (Å²) in [5.74, 6) is -0.00313. The molecule has 0 saturated carbocycles. The second-order valence-corrected chi connectivity index (χ2v) is 5.26. The number of amides is 1. The maximum Gasteiger partial charge on any atom is 0.253 e. The molecule has 0 radical (unpaired) electrons. The van der Waals surface area contributed by atoms with Gasteiger partial charge in [-0.1, -0.05) is 23.7 Å². The first-order valence-corrected chi connectivity index (χ1v) is 7.11. The zero-order valence-corrected chi connectivity index (χ0v) is 12.7. The molecule has 2 rings (SSSR count). The molecule has 22 heavy (non-hydrogen) atoms. The van der Waals surface area contributed by atoms with Crippen LogP contribution in [0.1, 0.15) is 23.2 Å². The van der Waals surface area contributed by atoms with Crippen molar-refractivity contribution in [3.8, 4) is 0 Å². The van der Waals surface area contributed by atoms with Gasteiger partial charge in [0, 0.05) is 29.7 Å². The smallest absolute Gasteiger partial charge is 0.253 e. The molecule has 1 atom stereocenters. The minimum absolute atomic E-state index is 0.229. The van der Waals surface area contributed by atoms with Crippen molar-refractivity contribution in [1.29, 1.82) is 0 Å². The highest BCUT2D eigenvalue weighted by atomic mass is 35.5. The van der Waals surface area contributed by atoms with Gasteiger partial charge in [0.1, 0.15) is 5.82 Å². The van der Waals surface area contributed by atoms with Gasteiger partial charge in [-0.25, -0.2) is 4.98 Å². The number of aromatic amines is 1. The van der Waals surface area contributed by atoms with E-state index in [9.17, 15) is 14.7 Å². The molecule has 0 unspecified atom stereocenters. The van der Waals surface area contributed by atoms with Crippen molar-refractivity contribution in [1.82, 2.24) is 15.3 Å². The van der Waals surface area contributed by atoms with Crippen LogP contribution in [0, 0.1) is 6.92 Å². The van der Waals surface area contributed by atoms with Crippen LogP contribution in [0.3, 0.4) is 0 Å². The van der Waals surface area contributed by atoms with Crippen LogP contribution in [0.25, 0.3) is 0 Å². The summed E-state index contributed by atoms with van der Waals surface area (Å²) in [5, 5.41) is 13.0. The molecule has 116 valence electrons. The van der Waals surface area contributed by atoms with Gasteiger partial charge in [0.25, 0.3) is 11.5 Å². The van der Waals surface area contributed by atoms with Gasteiger partial charge in [0.2, 0.25) is 0 Å². The van der Waals surface area contributed by atoms with E-state index in [1.54, 1.807) is 25.1 Å². The van der Waals surface area contributed by atoms with Gasteiger partial charge in [0.05, 0.1) is 0 Å². The molecule has 1 amide bonds. The topological polar surface area (TPSA) is 95.1 Å². The number of nitrogens with one attached hydrogen (secondary N) is 2. The third kappa shape index (κ3) is 4.41. The largest absolute Gasteiger partial charge is 0.378 e. The zero-order chi connectivity index (χ0) is 16.1. The fraction of sp³-hybridized carbons (Fsp3) is 0.267. The molecular formula is C15H16ClN3O3. The first-order chi connectivity index (χ1) is 10.5. The lowest BCUT2D eigenvalue weighted by Gasteiger charge is -2.12. The molecule has 0 aliphatic heterocycles. The SMILES string of the molecule is Cc1nc(CCNC(=O)[C@H](O)c2cccc(Cl)c2)cc(=O)[nH]1. The number of benzene rings is 1. The Morgan fingerprint density at radius 2 is 2.23 bits per heavy atom. The molecule has 1 heterocycles. The molecular weight excluding hydrogens is 306 g/mol. The number of hydrogen-bond donors (Lipinski definition) is 3. The van der Waals surface area contributed by atoms with Gasteiger partial charge in [-0.3, -0.25) is 9.59 Å². The maximum absolute atomic E-state index is 11.9. The van der Waals surface area contributed by atoms with Gasteiger partial charge in [-0.2, -0.15) is 0 Å². The quantitative estimate of drug-likeness (QED) is 0.769. The molecule has 6 nitrogen and oxygen atoms in total. The van der Waals surface area contributed by atoms with E-state index >= 15 is 0 Å². The summed E-state index contributed by atoms with van der Waals surface area (Å²) in [5.41, 5.74) is 0.779. The van der Waals surface area contributed by atoms with E-state index in [2.05, 4.69) is 15.3 Å². The molecule has 2 aromatic rings. The number of aliphatic hydroxyl groups excluding tert-OH is 1. The Morgan fingerprint density at radius 1 is 1.45 bits per heavy atom.